The van der Waals surface area contributed by atoms with E-state index < -0.39 is 0 Å². The molecule has 1 saturated heterocycles. The molecular formula is C16H18BrClN2O3. The van der Waals surface area contributed by atoms with Gasteiger partial charge in [-0.15, -0.1) is 0 Å². The molecular weight excluding hydrogens is 384 g/mol. The number of hydrogen-bond acceptors (Lipinski definition) is 3. The van der Waals surface area contributed by atoms with E-state index in [1.165, 1.54) is 0 Å². The van der Waals surface area contributed by atoms with Crippen LogP contribution in [0.25, 0.3) is 0 Å². The third-order valence-electron chi connectivity index (χ3n) is 4.12. The van der Waals surface area contributed by atoms with Crippen LogP contribution in [0.1, 0.15) is 12.8 Å². The molecule has 124 valence electrons. The van der Waals surface area contributed by atoms with Crippen molar-refractivity contribution in [2.45, 2.75) is 12.8 Å². The van der Waals surface area contributed by atoms with Crippen LogP contribution >= 0.6 is 27.5 Å². The van der Waals surface area contributed by atoms with E-state index in [2.05, 4.69) is 15.9 Å². The second-order valence-corrected chi connectivity index (χ2v) is 7.13. The molecule has 1 aliphatic carbocycles. The van der Waals surface area contributed by atoms with Gasteiger partial charge in [0, 0.05) is 37.1 Å². The molecule has 0 atom stereocenters. The van der Waals surface area contributed by atoms with Crippen LogP contribution in [0.4, 0.5) is 0 Å². The van der Waals surface area contributed by atoms with E-state index in [1.807, 2.05) is 4.90 Å². The summed E-state index contributed by atoms with van der Waals surface area (Å²) in [5.74, 6) is 1.01. The molecule has 0 bridgehead atoms. The van der Waals surface area contributed by atoms with Gasteiger partial charge in [-0.2, -0.15) is 0 Å². The Balaban J connectivity index is 1.46. The highest BCUT2D eigenvalue weighted by atomic mass is 79.9. The Morgan fingerprint density at radius 2 is 1.83 bits per heavy atom. The Hall–Kier alpha value is -1.27. The van der Waals surface area contributed by atoms with Crippen molar-refractivity contribution < 1.29 is 14.3 Å². The first kappa shape index (κ1) is 16.6. The molecule has 2 aliphatic rings. The summed E-state index contributed by atoms with van der Waals surface area (Å²) in [7, 11) is 0. The fraction of sp³-hybridized carbons (Fsp3) is 0.500. The standard InChI is InChI=1S/C16H18BrClN2O3/c17-13-9-12(18)3-4-14(13)23-10-15(21)19-5-7-20(8-6-19)16(22)11-1-2-11/h3-4,9,11H,1-2,5-8,10H2. The second kappa shape index (κ2) is 7.09. The first-order valence-corrected chi connectivity index (χ1v) is 8.86. The molecule has 2 amide bonds. The smallest absolute Gasteiger partial charge is 0.260 e. The minimum Gasteiger partial charge on any atom is -0.483 e. The monoisotopic (exact) mass is 400 g/mol. The highest BCUT2D eigenvalue weighted by Crippen LogP contribution is 2.31. The zero-order valence-corrected chi connectivity index (χ0v) is 15.0. The number of benzene rings is 1. The Morgan fingerprint density at radius 1 is 1.17 bits per heavy atom. The molecule has 23 heavy (non-hydrogen) atoms. The lowest BCUT2D eigenvalue weighted by Crippen LogP contribution is -2.52. The molecule has 1 aromatic carbocycles. The van der Waals surface area contributed by atoms with E-state index in [9.17, 15) is 9.59 Å². The zero-order valence-electron chi connectivity index (χ0n) is 12.6. The topological polar surface area (TPSA) is 49.9 Å². The number of piperazine rings is 1. The number of carbonyl (C=O) groups excluding carboxylic acids is 2. The van der Waals surface area contributed by atoms with Crippen molar-refractivity contribution in [3.63, 3.8) is 0 Å². The maximum Gasteiger partial charge on any atom is 0.260 e. The van der Waals surface area contributed by atoms with Crippen LogP contribution in [0.3, 0.4) is 0 Å². The molecule has 0 aromatic heterocycles. The quantitative estimate of drug-likeness (QED) is 0.779. The van der Waals surface area contributed by atoms with Gasteiger partial charge in [0.15, 0.2) is 6.61 Å². The highest BCUT2D eigenvalue weighted by Gasteiger charge is 2.35. The first-order chi connectivity index (χ1) is 11.0. The Labute approximate surface area is 148 Å². The van der Waals surface area contributed by atoms with Gasteiger partial charge in [-0.3, -0.25) is 9.59 Å². The van der Waals surface area contributed by atoms with E-state index in [-0.39, 0.29) is 24.3 Å². The molecule has 1 aliphatic heterocycles. The molecule has 0 N–H and O–H groups in total. The van der Waals surface area contributed by atoms with Gasteiger partial charge < -0.3 is 14.5 Å². The van der Waals surface area contributed by atoms with Gasteiger partial charge in [0.25, 0.3) is 5.91 Å². The van der Waals surface area contributed by atoms with Crippen molar-refractivity contribution in [1.82, 2.24) is 9.80 Å². The summed E-state index contributed by atoms with van der Waals surface area (Å²) in [6, 6.07) is 5.17. The molecule has 7 heteroatoms. The predicted molar refractivity (Wildman–Crippen MR) is 90.5 cm³/mol. The molecule has 1 aromatic rings. The maximum absolute atomic E-state index is 12.2. The zero-order chi connectivity index (χ0) is 16.4. The Morgan fingerprint density at radius 3 is 2.43 bits per heavy atom. The van der Waals surface area contributed by atoms with Gasteiger partial charge in [0.1, 0.15) is 5.75 Å². The van der Waals surface area contributed by atoms with E-state index in [0.717, 1.165) is 17.3 Å². The van der Waals surface area contributed by atoms with E-state index in [0.29, 0.717) is 37.0 Å². The summed E-state index contributed by atoms with van der Waals surface area (Å²) < 4.78 is 6.27. The van der Waals surface area contributed by atoms with Crippen molar-refractivity contribution in [1.29, 1.82) is 0 Å². The summed E-state index contributed by atoms with van der Waals surface area (Å²) in [6.45, 7) is 2.36. The minimum absolute atomic E-state index is 0.0171. The number of halogens is 2. The molecule has 2 fully saturated rings. The Bertz CT molecular complexity index is 613. The first-order valence-electron chi connectivity index (χ1n) is 7.69. The normalized spacial score (nSPS) is 18.0. The Kier molecular flexibility index (Phi) is 5.11. The van der Waals surface area contributed by atoms with Crippen molar-refractivity contribution in [3.8, 4) is 5.75 Å². The third kappa shape index (κ3) is 4.18. The van der Waals surface area contributed by atoms with Crippen LogP contribution in [0.5, 0.6) is 5.75 Å². The van der Waals surface area contributed by atoms with Gasteiger partial charge in [0.05, 0.1) is 4.47 Å². The van der Waals surface area contributed by atoms with E-state index >= 15 is 0 Å². The van der Waals surface area contributed by atoms with Gasteiger partial charge in [-0.05, 0) is 47.0 Å². The molecule has 3 rings (SSSR count). The highest BCUT2D eigenvalue weighted by molar-refractivity contribution is 9.10. The lowest BCUT2D eigenvalue weighted by Gasteiger charge is -2.34. The average Bonchev–Trinajstić information content (AvgIpc) is 3.38. The van der Waals surface area contributed by atoms with Crippen molar-refractivity contribution >= 4 is 39.3 Å². The van der Waals surface area contributed by atoms with Crippen LogP contribution in [0.2, 0.25) is 5.02 Å². The van der Waals surface area contributed by atoms with Crippen molar-refractivity contribution in [2.75, 3.05) is 32.8 Å². The fourth-order valence-corrected chi connectivity index (χ4v) is 3.38. The number of ether oxygens (including phenoxy) is 1. The molecule has 1 heterocycles. The lowest BCUT2D eigenvalue weighted by molar-refractivity contribution is -0.141. The average molecular weight is 402 g/mol. The summed E-state index contributed by atoms with van der Waals surface area (Å²) >= 11 is 9.23. The third-order valence-corrected chi connectivity index (χ3v) is 4.97. The number of amides is 2. The summed E-state index contributed by atoms with van der Waals surface area (Å²) in [6.07, 6.45) is 2.03. The van der Waals surface area contributed by atoms with Crippen LogP contribution in [-0.2, 0) is 9.59 Å². The lowest BCUT2D eigenvalue weighted by atomic mass is 10.2. The maximum atomic E-state index is 12.2. The number of nitrogens with zero attached hydrogens (tertiary/aromatic N) is 2. The molecule has 0 radical (unpaired) electrons. The molecule has 1 saturated carbocycles. The molecule has 0 spiro atoms. The van der Waals surface area contributed by atoms with Gasteiger partial charge in [0.2, 0.25) is 5.91 Å². The van der Waals surface area contributed by atoms with Crippen LogP contribution in [-0.4, -0.2) is 54.4 Å². The molecule has 0 unspecified atom stereocenters. The second-order valence-electron chi connectivity index (χ2n) is 5.84. The van der Waals surface area contributed by atoms with Crippen LogP contribution < -0.4 is 4.74 Å². The van der Waals surface area contributed by atoms with Gasteiger partial charge in [-0.1, -0.05) is 11.6 Å². The van der Waals surface area contributed by atoms with Crippen LogP contribution in [0.15, 0.2) is 22.7 Å². The number of carbonyl (C=O) groups is 2. The van der Waals surface area contributed by atoms with Gasteiger partial charge >= 0.3 is 0 Å². The molecule has 5 nitrogen and oxygen atoms in total. The van der Waals surface area contributed by atoms with Crippen molar-refractivity contribution in [2.24, 2.45) is 5.92 Å². The summed E-state index contributed by atoms with van der Waals surface area (Å²) in [5.41, 5.74) is 0. The largest absolute Gasteiger partial charge is 0.483 e. The fourth-order valence-electron chi connectivity index (χ4n) is 2.59. The number of rotatable bonds is 4. The van der Waals surface area contributed by atoms with Crippen molar-refractivity contribution in [3.05, 3.63) is 27.7 Å². The van der Waals surface area contributed by atoms with Crippen LogP contribution in [0, 0.1) is 5.92 Å². The summed E-state index contributed by atoms with van der Waals surface area (Å²) in [5, 5.41) is 0.604. The van der Waals surface area contributed by atoms with Gasteiger partial charge in [-0.25, -0.2) is 0 Å². The predicted octanol–water partition coefficient (Wildman–Crippen LogP) is 2.56. The minimum atomic E-state index is -0.0645. The summed E-state index contributed by atoms with van der Waals surface area (Å²) in [4.78, 5) is 27.8. The van der Waals surface area contributed by atoms with E-state index in [4.69, 9.17) is 16.3 Å². The van der Waals surface area contributed by atoms with E-state index in [1.54, 1.807) is 23.1 Å². The number of hydrogen-bond donors (Lipinski definition) is 0. The SMILES string of the molecule is O=C(COc1ccc(Cl)cc1Br)N1CCN(C(=O)C2CC2)CC1.